The van der Waals surface area contributed by atoms with E-state index in [1.54, 1.807) is 7.11 Å². The van der Waals surface area contributed by atoms with Crippen LogP contribution in [-0.4, -0.2) is 16.7 Å². The normalized spacial score (nSPS) is 14.6. The van der Waals surface area contributed by atoms with Crippen LogP contribution < -0.4 is 10.1 Å². The Balaban J connectivity index is 1.59. The summed E-state index contributed by atoms with van der Waals surface area (Å²) in [6, 6.07) is 8.79. The van der Waals surface area contributed by atoms with Crippen molar-refractivity contribution >= 4 is 0 Å². The minimum atomic E-state index is 0.686. The molecule has 1 heterocycles. The zero-order chi connectivity index (χ0) is 13.1. The third-order valence-electron chi connectivity index (χ3n) is 3.50. The molecule has 4 nitrogen and oxygen atoms in total. The van der Waals surface area contributed by atoms with Crippen molar-refractivity contribution in [3.63, 3.8) is 0 Å². The summed E-state index contributed by atoms with van der Waals surface area (Å²) >= 11 is 0. The lowest BCUT2D eigenvalue weighted by Crippen LogP contribution is -2.15. The van der Waals surface area contributed by atoms with E-state index >= 15 is 0 Å². The van der Waals surface area contributed by atoms with Gasteiger partial charge in [0.1, 0.15) is 5.75 Å². The first-order valence-electron chi connectivity index (χ1n) is 6.72. The van der Waals surface area contributed by atoms with Gasteiger partial charge in [0.05, 0.1) is 19.1 Å². The molecule has 0 bridgehead atoms. The van der Waals surface area contributed by atoms with E-state index in [0.717, 1.165) is 18.8 Å². The van der Waals surface area contributed by atoms with Crippen LogP contribution in [0.25, 0.3) is 0 Å². The van der Waals surface area contributed by atoms with Gasteiger partial charge in [-0.05, 0) is 18.9 Å². The van der Waals surface area contributed by atoms with E-state index in [0.29, 0.717) is 6.04 Å². The van der Waals surface area contributed by atoms with Gasteiger partial charge in [-0.2, -0.15) is 0 Å². The van der Waals surface area contributed by atoms with E-state index in [9.17, 15) is 0 Å². The molecule has 0 radical (unpaired) electrons. The van der Waals surface area contributed by atoms with Crippen LogP contribution in [0.2, 0.25) is 0 Å². The minimum Gasteiger partial charge on any atom is -0.496 e. The van der Waals surface area contributed by atoms with Gasteiger partial charge in [-0.15, -0.1) is 0 Å². The SMILES string of the molecule is COc1ccccc1CNCc1cncn1C1CC1. The first-order valence-corrected chi connectivity index (χ1v) is 6.72. The molecule has 0 saturated heterocycles. The standard InChI is InChI=1S/C15H19N3O/c1-19-15-5-3-2-4-12(15)8-16-9-14-10-17-11-18(14)13-6-7-13/h2-5,10-11,13,16H,6-9H2,1H3. The van der Waals surface area contributed by atoms with Crippen LogP contribution >= 0.6 is 0 Å². The van der Waals surface area contributed by atoms with E-state index in [2.05, 4.69) is 20.9 Å². The topological polar surface area (TPSA) is 39.1 Å². The smallest absolute Gasteiger partial charge is 0.123 e. The van der Waals surface area contributed by atoms with Crippen molar-refractivity contribution < 1.29 is 4.74 Å². The Morgan fingerprint density at radius 1 is 1.32 bits per heavy atom. The Morgan fingerprint density at radius 2 is 2.16 bits per heavy atom. The third-order valence-corrected chi connectivity index (χ3v) is 3.50. The van der Waals surface area contributed by atoms with E-state index in [-0.39, 0.29) is 0 Å². The summed E-state index contributed by atoms with van der Waals surface area (Å²) in [5, 5.41) is 3.46. The molecule has 0 amide bonds. The van der Waals surface area contributed by atoms with Crippen molar-refractivity contribution in [2.75, 3.05) is 7.11 Å². The second kappa shape index (κ2) is 5.45. The average molecular weight is 257 g/mol. The van der Waals surface area contributed by atoms with Gasteiger partial charge in [0.25, 0.3) is 0 Å². The highest BCUT2D eigenvalue weighted by atomic mass is 16.5. The summed E-state index contributed by atoms with van der Waals surface area (Å²) in [5.74, 6) is 0.936. The van der Waals surface area contributed by atoms with Crippen LogP contribution in [0.4, 0.5) is 0 Å². The number of ether oxygens (including phenoxy) is 1. The van der Waals surface area contributed by atoms with Gasteiger partial charge in [-0.25, -0.2) is 4.98 Å². The molecule has 0 spiro atoms. The molecule has 3 rings (SSSR count). The first-order chi connectivity index (χ1) is 9.38. The summed E-state index contributed by atoms with van der Waals surface area (Å²) in [6.45, 7) is 1.65. The molecule has 100 valence electrons. The van der Waals surface area contributed by atoms with E-state index in [1.165, 1.54) is 24.1 Å². The molecule has 0 aliphatic heterocycles. The zero-order valence-electron chi connectivity index (χ0n) is 11.2. The number of para-hydroxylation sites is 1. The largest absolute Gasteiger partial charge is 0.496 e. The van der Waals surface area contributed by atoms with Gasteiger partial charge in [-0.3, -0.25) is 0 Å². The van der Waals surface area contributed by atoms with Gasteiger partial charge < -0.3 is 14.6 Å². The number of nitrogens with one attached hydrogen (secondary N) is 1. The number of hydrogen-bond acceptors (Lipinski definition) is 3. The third kappa shape index (κ3) is 2.79. The summed E-state index contributed by atoms with van der Waals surface area (Å²) in [4.78, 5) is 4.24. The minimum absolute atomic E-state index is 0.686. The van der Waals surface area contributed by atoms with Crippen molar-refractivity contribution in [1.29, 1.82) is 0 Å². The van der Waals surface area contributed by atoms with Gasteiger partial charge in [0.2, 0.25) is 0 Å². The second-order valence-electron chi connectivity index (χ2n) is 4.94. The molecular weight excluding hydrogens is 238 g/mol. The summed E-state index contributed by atoms with van der Waals surface area (Å²) in [6.07, 6.45) is 6.47. The number of benzene rings is 1. The molecule has 1 saturated carbocycles. The van der Waals surface area contributed by atoms with Crippen molar-refractivity contribution in [1.82, 2.24) is 14.9 Å². The van der Waals surface area contributed by atoms with E-state index in [1.807, 2.05) is 30.7 Å². The maximum Gasteiger partial charge on any atom is 0.123 e. The zero-order valence-corrected chi connectivity index (χ0v) is 11.2. The lowest BCUT2D eigenvalue weighted by molar-refractivity contribution is 0.407. The fourth-order valence-electron chi connectivity index (χ4n) is 2.32. The molecule has 1 aliphatic rings. The van der Waals surface area contributed by atoms with Gasteiger partial charge in [0.15, 0.2) is 0 Å². The Hall–Kier alpha value is -1.81. The van der Waals surface area contributed by atoms with Gasteiger partial charge in [0, 0.05) is 30.9 Å². The molecule has 1 aliphatic carbocycles. The molecule has 1 N–H and O–H groups in total. The summed E-state index contributed by atoms with van der Waals surface area (Å²) in [7, 11) is 1.71. The summed E-state index contributed by atoms with van der Waals surface area (Å²) < 4.78 is 7.63. The maximum atomic E-state index is 5.35. The number of imidazole rings is 1. The molecule has 1 aromatic carbocycles. The van der Waals surface area contributed by atoms with Crippen LogP contribution in [0.1, 0.15) is 30.1 Å². The predicted molar refractivity (Wildman–Crippen MR) is 74.0 cm³/mol. The second-order valence-corrected chi connectivity index (χ2v) is 4.94. The molecular formula is C15H19N3O. The highest BCUT2D eigenvalue weighted by Gasteiger charge is 2.24. The van der Waals surface area contributed by atoms with Gasteiger partial charge >= 0.3 is 0 Å². The fraction of sp³-hybridized carbons (Fsp3) is 0.400. The molecule has 2 aromatic rings. The lowest BCUT2D eigenvalue weighted by Gasteiger charge is -2.10. The van der Waals surface area contributed by atoms with Crippen LogP contribution in [-0.2, 0) is 13.1 Å². The lowest BCUT2D eigenvalue weighted by atomic mass is 10.2. The molecule has 1 fully saturated rings. The van der Waals surface area contributed by atoms with Crippen molar-refractivity contribution in [2.24, 2.45) is 0 Å². The molecule has 0 unspecified atom stereocenters. The van der Waals surface area contributed by atoms with E-state index in [4.69, 9.17) is 4.74 Å². The number of nitrogens with zero attached hydrogens (tertiary/aromatic N) is 2. The van der Waals surface area contributed by atoms with Crippen LogP contribution in [0, 0.1) is 0 Å². The molecule has 4 heteroatoms. The van der Waals surface area contributed by atoms with Crippen molar-refractivity contribution in [3.05, 3.63) is 48.0 Å². The van der Waals surface area contributed by atoms with Crippen LogP contribution in [0.15, 0.2) is 36.8 Å². The monoisotopic (exact) mass is 257 g/mol. The highest BCUT2D eigenvalue weighted by Crippen LogP contribution is 2.35. The summed E-state index contributed by atoms with van der Waals surface area (Å²) in [5.41, 5.74) is 2.44. The van der Waals surface area contributed by atoms with Crippen LogP contribution in [0.5, 0.6) is 5.75 Å². The fourth-order valence-corrected chi connectivity index (χ4v) is 2.32. The Labute approximate surface area is 113 Å². The first kappa shape index (κ1) is 12.2. The Bertz CT molecular complexity index is 546. The van der Waals surface area contributed by atoms with Crippen molar-refractivity contribution in [3.8, 4) is 5.75 Å². The van der Waals surface area contributed by atoms with Crippen LogP contribution in [0.3, 0.4) is 0 Å². The predicted octanol–water partition coefficient (Wildman–Crippen LogP) is 2.52. The quantitative estimate of drug-likeness (QED) is 0.864. The maximum absolute atomic E-state index is 5.35. The Morgan fingerprint density at radius 3 is 2.95 bits per heavy atom. The molecule has 1 aromatic heterocycles. The van der Waals surface area contributed by atoms with E-state index < -0.39 is 0 Å². The number of rotatable bonds is 6. The molecule has 0 atom stereocenters. The molecule has 19 heavy (non-hydrogen) atoms. The number of hydrogen-bond donors (Lipinski definition) is 1. The Kier molecular flexibility index (Phi) is 3.51. The number of aromatic nitrogens is 2. The highest BCUT2D eigenvalue weighted by molar-refractivity contribution is 5.33. The number of methoxy groups -OCH3 is 1. The average Bonchev–Trinajstić information content (AvgIpc) is 3.19. The van der Waals surface area contributed by atoms with Crippen molar-refractivity contribution in [2.45, 2.75) is 32.0 Å². The van der Waals surface area contributed by atoms with Gasteiger partial charge in [-0.1, -0.05) is 18.2 Å².